The second-order valence-corrected chi connectivity index (χ2v) is 6.64. The molecule has 1 aliphatic rings. The van der Waals surface area contributed by atoms with E-state index in [4.69, 9.17) is 16.3 Å². The molecule has 1 saturated heterocycles. The standard InChI is InChI=1S/C20H18ClN3O5/c21-15-6-8-16(9-7-15)29-11-10-22-17(25)13-24-19(27)18(26)23(20(24)28)12-14-4-2-1-3-5-14/h1-9H,10-13H2,(H,22,25). The van der Waals surface area contributed by atoms with Gasteiger partial charge in [0.25, 0.3) is 0 Å². The van der Waals surface area contributed by atoms with Crippen molar-refractivity contribution in [1.29, 1.82) is 0 Å². The molecule has 0 bridgehead atoms. The van der Waals surface area contributed by atoms with Crippen LogP contribution in [0.15, 0.2) is 54.6 Å². The highest BCUT2D eigenvalue weighted by Crippen LogP contribution is 2.16. The molecular formula is C20H18ClN3O5. The number of imide groups is 2. The Kier molecular flexibility index (Phi) is 6.46. The number of benzene rings is 2. The second kappa shape index (κ2) is 9.20. The lowest BCUT2D eigenvalue weighted by Gasteiger charge is -2.15. The van der Waals surface area contributed by atoms with Gasteiger partial charge in [0.1, 0.15) is 18.9 Å². The van der Waals surface area contributed by atoms with Gasteiger partial charge in [-0.25, -0.2) is 9.69 Å². The van der Waals surface area contributed by atoms with E-state index in [-0.39, 0.29) is 19.7 Å². The summed E-state index contributed by atoms with van der Waals surface area (Å²) in [5.74, 6) is -1.94. The van der Waals surface area contributed by atoms with Gasteiger partial charge in [0.2, 0.25) is 5.91 Å². The number of nitrogens with one attached hydrogen (secondary N) is 1. The first-order valence-electron chi connectivity index (χ1n) is 8.82. The number of nitrogens with zero attached hydrogens (tertiary/aromatic N) is 2. The van der Waals surface area contributed by atoms with E-state index >= 15 is 0 Å². The van der Waals surface area contributed by atoms with Crippen molar-refractivity contribution in [3.05, 3.63) is 65.2 Å². The van der Waals surface area contributed by atoms with Crippen molar-refractivity contribution >= 4 is 35.4 Å². The first-order valence-corrected chi connectivity index (χ1v) is 9.20. The number of hydrogen-bond donors (Lipinski definition) is 1. The highest BCUT2D eigenvalue weighted by Gasteiger charge is 2.45. The first kappa shape index (κ1) is 20.3. The van der Waals surface area contributed by atoms with Gasteiger partial charge in [-0.3, -0.25) is 19.3 Å². The minimum atomic E-state index is -1.02. The van der Waals surface area contributed by atoms with Crippen LogP contribution in [0.25, 0.3) is 0 Å². The molecule has 8 nitrogen and oxygen atoms in total. The summed E-state index contributed by atoms with van der Waals surface area (Å²) in [5.41, 5.74) is 0.702. The molecule has 2 aromatic carbocycles. The lowest BCUT2D eigenvalue weighted by atomic mass is 10.2. The van der Waals surface area contributed by atoms with Gasteiger partial charge in [0.15, 0.2) is 0 Å². The molecule has 1 aliphatic heterocycles. The van der Waals surface area contributed by atoms with Gasteiger partial charge < -0.3 is 10.1 Å². The molecule has 0 atom stereocenters. The summed E-state index contributed by atoms with van der Waals surface area (Å²) >= 11 is 5.79. The predicted molar refractivity (Wildman–Crippen MR) is 104 cm³/mol. The van der Waals surface area contributed by atoms with Crippen molar-refractivity contribution in [2.45, 2.75) is 6.54 Å². The molecular weight excluding hydrogens is 398 g/mol. The largest absolute Gasteiger partial charge is 0.492 e. The summed E-state index contributed by atoms with van der Waals surface area (Å²) in [6, 6.07) is 14.7. The third-order valence-electron chi connectivity index (χ3n) is 4.13. The van der Waals surface area contributed by atoms with Crippen LogP contribution in [0.4, 0.5) is 4.79 Å². The molecule has 29 heavy (non-hydrogen) atoms. The molecule has 0 unspecified atom stereocenters. The average molecular weight is 416 g/mol. The normalized spacial score (nSPS) is 13.8. The summed E-state index contributed by atoms with van der Waals surface area (Å²) in [4.78, 5) is 50.1. The second-order valence-electron chi connectivity index (χ2n) is 6.20. The fourth-order valence-electron chi connectivity index (χ4n) is 2.68. The Balaban J connectivity index is 1.48. The van der Waals surface area contributed by atoms with Crippen molar-refractivity contribution in [3.8, 4) is 5.75 Å². The van der Waals surface area contributed by atoms with Crippen molar-refractivity contribution in [2.75, 3.05) is 19.7 Å². The van der Waals surface area contributed by atoms with Crippen LogP contribution in [0.5, 0.6) is 5.75 Å². The summed E-state index contributed by atoms with van der Waals surface area (Å²) in [6.45, 7) is -0.208. The average Bonchev–Trinajstić information content (AvgIpc) is 2.91. The molecule has 1 fully saturated rings. The maximum absolute atomic E-state index is 12.4. The molecule has 5 amide bonds. The number of carbonyl (C=O) groups is 4. The molecule has 0 spiro atoms. The zero-order chi connectivity index (χ0) is 20.8. The fourth-order valence-corrected chi connectivity index (χ4v) is 2.81. The fraction of sp³-hybridized carbons (Fsp3) is 0.200. The van der Waals surface area contributed by atoms with Crippen LogP contribution in [-0.2, 0) is 20.9 Å². The van der Waals surface area contributed by atoms with Gasteiger partial charge in [0, 0.05) is 5.02 Å². The smallest absolute Gasteiger partial charge is 0.335 e. The SMILES string of the molecule is O=C(CN1C(=O)C(=O)N(Cc2ccccc2)C1=O)NCCOc1ccc(Cl)cc1. The number of carbonyl (C=O) groups excluding carboxylic acids is 4. The molecule has 3 rings (SSSR count). The Bertz CT molecular complexity index is 917. The minimum Gasteiger partial charge on any atom is -0.492 e. The van der Waals surface area contributed by atoms with E-state index in [1.54, 1.807) is 54.6 Å². The molecule has 0 saturated carbocycles. The van der Waals surface area contributed by atoms with Gasteiger partial charge in [-0.2, -0.15) is 0 Å². The molecule has 0 aromatic heterocycles. The van der Waals surface area contributed by atoms with E-state index in [1.807, 2.05) is 0 Å². The zero-order valence-corrected chi connectivity index (χ0v) is 16.1. The number of rotatable bonds is 8. The number of halogens is 1. The molecule has 2 aromatic rings. The summed E-state index contributed by atoms with van der Waals surface area (Å²) in [5, 5.41) is 3.13. The van der Waals surface area contributed by atoms with Crippen LogP contribution >= 0.6 is 11.6 Å². The van der Waals surface area contributed by atoms with Crippen molar-refractivity contribution in [1.82, 2.24) is 15.1 Å². The van der Waals surface area contributed by atoms with Gasteiger partial charge in [-0.05, 0) is 29.8 Å². The van der Waals surface area contributed by atoms with E-state index in [2.05, 4.69) is 5.32 Å². The molecule has 0 radical (unpaired) electrons. The maximum Gasteiger partial charge on any atom is 0.335 e. The van der Waals surface area contributed by atoms with Crippen LogP contribution in [0.2, 0.25) is 5.02 Å². The van der Waals surface area contributed by atoms with Crippen LogP contribution in [-0.4, -0.2) is 53.2 Å². The molecule has 0 aliphatic carbocycles. The molecule has 150 valence electrons. The van der Waals surface area contributed by atoms with E-state index in [1.165, 1.54) is 0 Å². The Morgan fingerprint density at radius 2 is 1.59 bits per heavy atom. The Morgan fingerprint density at radius 3 is 2.28 bits per heavy atom. The summed E-state index contributed by atoms with van der Waals surface area (Å²) < 4.78 is 5.44. The first-order chi connectivity index (χ1) is 14.0. The lowest BCUT2D eigenvalue weighted by molar-refractivity contribution is -0.144. The van der Waals surface area contributed by atoms with Gasteiger partial charge in [0.05, 0.1) is 13.1 Å². The minimum absolute atomic E-state index is 0.0305. The van der Waals surface area contributed by atoms with Crippen molar-refractivity contribution < 1.29 is 23.9 Å². The zero-order valence-electron chi connectivity index (χ0n) is 15.3. The maximum atomic E-state index is 12.4. The predicted octanol–water partition coefficient (Wildman–Crippen LogP) is 1.83. The van der Waals surface area contributed by atoms with Crippen molar-refractivity contribution in [3.63, 3.8) is 0 Å². The monoisotopic (exact) mass is 415 g/mol. The highest BCUT2D eigenvalue weighted by molar-refractivity contribution is 6.44. The number of urea groups is 1. The van der Waals surface area contributed by atoms with E-state index in [0.29, 0.717) is 21.2 Å². The van der Waals surface area contributed by atoms with Crippen LogP contribution in [0.1, 0.15) is 5.56 Å². The third-order valence-corrected chi connectivity index (χ3v) is 4.38. The Morgan fingerprint density at radius 1 is 0.931 bits per heavy atom. The van der Waals surface area contributed by atoms with Crippen molar-refractivity contribution in [2.24, 2.45) is 0 Å². The van der Waals surface area contributed by atoms with Crippen LogP contribution in [0, 0.1) is 0 Å². The third kappa shape index (κ3) is 5.11. The van der Waals surface area contributed by atoms with Crippen LogP contribution in [0.3, 0.4) is 0 Å². The van der Waals surface area contributed by atoms with Gasteiger partial charge in [-0.1, -0.05) is 41.9 Å². The highest BCUT2D eigenvalue weighted by atomic mass is 35.5. The number of amides is 5. The van der Waals surface area contributed by atoms with E-state index < -0.39 is 30.3 Å². The number of ether oxygens (including phenoxy) is 1. The number of hydrogen-bond acceptors (Lipinski definition) is 5. The van der Waals surface area contributed by atoms with Crippen LogP contribution < -0.4 is 10.1 Å². The quantitative estimate of drug-likeness (QED) is 0.403. The lowest BCUT2D eigenvalue weighted by Crippen LogP contribution is -2.42. The Hall–Kier alpha value is -3.39. The Labute approximate surface area is 172 Å². The van der Waals surface area contributed by atoms with Gasteiger partial charge in [-0.15, -0.1) is 0 Å². The van der Waals surface area contributed by atoms with E-state index in [9.17, 15) is 19.2 Å². The molecule has 9 heteroatoms. The topological polar surface area (TPSA) is 96.0 Å². The van der Waals surface area contributed by atoms with Gasteiger partial charge >= 0.3 is 17.8 Å². The van der Waals surface area contributed by atoms with E-state index in [0.717, 1.165) is 4.90 Å². The molecule has 1 N–H and O–H groups in total. The summed E-state index contributed by atoms with van der Waals surface area (Å²) in [7, 11) is 0. The summed E-state index contributed by atoms with van der Waals surface area (Å²) in [6.07, 6.45) is 0. The molecule has 1 heterocycles.